The molecule has 128 valence electrons. The minimum atomic E-state index is -3.63. The van der Waals surface area contributed by atoms with E-state index in [0.29, 0.717) is 18.7 Å². The molecule has 0 aliphatic carbocycles. The fraction of sp³-hybridized carbons (Fsp3) is 0.562. The number of nitrogens with zero attached hydrogens (tertiary/aromatic N) is 1. The summed E-state index contributed by atoms with van der Waals surface area (Å²) in [6, 6.07) is 4.64. The number of likely N-dealkylation sites (N-methyl/N-ethyl adjacent to an activating group) is 1. The molecule has 0 saturated carbocycles. The van der Waals surface area contributed by atoms with Crippen LogP contribution in [0.2, 0.25) is 0 Å². The minimum absolute atomic E-state index is 0.0457. The molecule has 1 aromatic rings. The maximum atomic E-state index is 13.0. The van der Waals surface area contributed by atoms with E-state index in [2.05, 4.69) is 5.32 Å². The van der Waals surface area contributed by atoms with Gasteiger partial charge in [-0.1, -0.05) is 6.07 Å². The van der Waals surface area contributed by atoms with Gasteiger partial charge in [0, 0.05) is 19.1 Å². The summed E-state index contributed by atoms with van der Waals surface area (Å²) in [6.45, 7) is 4.85. The van der Waals surface area contributed by atoms with Crippen molar-refractivity contribution in [3.8, 4) is 0 Å². The molecule has 2 rings (SSSR count). The fourth-order valence-electron chi connectivity index (χ4n) is 2.91. The third-order valence-electron chi connectivity index (χ3n) is 4.05. The summed E-state index contributed by atoms with van der Waals surface area (Å²) in [6.07, 6.45) is 1.69. The third-order valence-corrected chi connectivity index (χ3v) is 6.14. The van der Waals surface area contributed by atoms with Crippen LogP contribution in [0, 0.1) is 6.92 Å². The first kappa shape index (κ1) is 17.9. The van der Waals surface area contributed by atoms with E-state index in [1.165, 1.54) is 6.07 Å². The van der Waals surface area contributed by atoms with Gasteiger partial charge in [-0.15, -0.1) is 0 Å². The Labute approximate surface area is 137 Å². The summed E-state index contributed by atoms with van der Waals surface area (Å²) in [5.41, 5.74) is 0.897. The molecular formula is C16H24N2O4S. The maximum absolute atomic E-state index is 13.0. The van der Waals surface area contributed by atoms with Crippen molar-refractivity contribution in [3.05, 3.63) is 29.3 Å². The minimum Gasteiger partial charge on any atom is -0.462 e. The Morgan fingerprint density at radius 3 is 2.83 bits per heavy atom. The molecule has 1 N–H and O–H groups in total. The molecule has 1 aliphatic rings. The summed E-state index contributed by atoms with van der Waals surface area (Å²) in [4.78, 5) is 12.1. The van der Waals surface area contributed by atoms with Gasteiger partial charge in [0.2, 0.25) is 10.0 Å². The monoisotopic (exact) mass is 340 g/mol. The molecule has 6 nitrogen and oxygen atoms in total. The molecule has 1 fully saturated rings. The van der Waals surface area contributed by atoms with Crippen molar-refractivity contribution in [1.29, 1.82) is 0 Å². The lowest BCUT2D eigenvalue weighted by atomic mass is 10.1. The average molecular weight is 340 g/mol. The van der Waals surface area contributed by atoms with Crippen molar-refractivity contribution in [3.63, 3.8) is 0 Å². The lowest BCUT2D eigenvalue weighted by Gasteiger charge is -2.24. The summed E-state index contributed by atoms with van der Waals surface area (Å²) in [5, 5.41) is 3.04. The standard InChI is InChI=1S/C16H24N2O4S/c1-4-22-16(19)13-8-7-12(2)15(10-13)23(20,21)18-9-5-6-14(18)11-17-3/h7-8,10,14,17H,4-6,9,11H2,1-3H3. The van der Waals surface area contributed by atoms with Gasteiger partial charge in [-0.25, -0.2) is 13.2 Å². The van der Waals surface area contributed by atoms with E-state index in [1.54, 1.807) is 30.3 Å². The molecule has 0 radical (unpaired) electrons. The Bertz CT molecular complexity index is 673. The molecular weight excluding hydrogens is 316 g/mol. The van der Waals surface area contributed by atoms with Gasteiger partial charge in [0.05, 0.1) is 17.1 Å². The number of benzene rings is 1. The molecule has 7 heteroatoms. The quantitative estimate of drug-likeness (QED) is 0.795. The van der Waals surface area contributed by atoms with Crippen LogP contribution in [0.25, 0.3) is 0 Å². The SMILES string of the molecule is CCOC(=O)c1ccc(C)c(S(=O)(=O)N2CCCC2CNC)c1. The van der Waals surface area contributed by atoms with Crippen LogP contribution < -0.4 is 5.32 Å². The van der Waals surface area contributed by atoms with Crippen molar-refractivity contribution >= 4 is 16.0 Å². The number of nitrogens with one attached hydrogen (secondary N) is 1. The van der Waals surface area contributed by atoms with Gasteiger partial charge in [0.15, 0.2) is 0 Å². The summed E-state index contributed by atoms with van der Waals surface area (Å²) >= 11 is 0. The van der Waals surface area contributed by atoms with Gasteiger partial charge in [0.1, 0.15) is 0 Å². The van der Waals surface area contributed by atoms with Crippen LogP contribution in [0.15, 0.2) is 23.1 Å². The van der Waals surface area contributed by atoms with E-state index in [1.807, 2.05) is 7.05 Å². The molecule has 1 aliphatic heterocycles. The number of carbonyl (C=O) groups excluding carboxylic acids is 1. The number of hydrogen-bond acceptors (Lipinski definition) is 5. The molecule has 1 atom stereocenters. The van der Waals surface area contributed by atoms with E-state index >= 15 is 0 Å². The van der Waals surface area contributed by atoms with Gasteiger partial charge in [-0.3, -0.25) is 0 Å². The predicted molar refractivity (Wildman–Crippen MR) is 88.0 cm³/mol. The third kappa shape index (κ3) is 3.73. The lowest BCUT2D eigenvalue weighted by Crippen LogP contribution is -2.41. The number of aryl methyl sites for hydroxylation is 1. The lowest BCUT2D eigenvalue weighted by molar-refractivity contribution is 0.0526. The van der Waals surface area contributed by atoms with Crippen molar-refractivity contribution in [2.24, 2.45) is 0 Å². The molecule has 0 aromatic heterocycles. The topological polar surface area (TPSA) is 75.7 Å². The van der Waals surface area contributed by atoms with Crippen LogP contribution in [0.1, 0.15) is 35.7 Å². The molecule has 1 saturated heterocycles. The van der Waals surface area contributed by atoms with Crippen LogP contribution >= 0.6 is 0 Å². The van der Waals surface area contributed by atoms with Gasteiger partial charge in [-0.2, -0.15) is 4.31 Å². The number of esters is 1. The van der Waals surface area contributed by atoms with Crippen molar-refractivity contribution in [2.75, 3.05) is 26.7 Å². The molecule has 1 aromatic carbocycles. The first-order valence-corrected chi connectivity index (χ1v) is 9.30. The Kier molecular flexibility index (Phi) is 5.78. The average Bonchev–Trinajstić information content (AvgIpc) is 2.97. The molecule has 1 unspecified atom stereocenters. The van der Waals surface area contributed by atoms with Crippen molar-refractivity contribution in [2.45, 2.75) is 37.6 Å². The molecule has 1 heterocycles. The largest absolute Gasteiger partial charge is 0.462 e. The summed E-state index contributed by atoms with van der Waals surface area (Å²) in [5.74, 6) is -0.503. The van der Waals surface area contributed by atoms with E-state index < -0.39 is 16.0 Å². The highest BCUT2D eigenvalue weighted by atomic mass is 32.2. The highest BCUT2D eigenvalue weighted by Crippen LogP contribution is 2.28. The summed E-state index contributed by atoms with van der Waals surface area (Å²) in [7, 11) is -1.81. The zero-order chi connectivity index (χ0) is 17.0. The Morgan fingerprint density at radius 1 is 1.43 bits per heavy atom. The molecule has 0 spiro atoms. The Morgan fingerprint density at radius 2 is 2.17 bits per heavy atom. The maximum Gasteiger partial charge on any atom is 0.338 e. The molecule has 0 amide bonds. The second kappa shape index (κ2) is 7.42. The van der Waals surface area contributed by atoms with Crippen LogP contribution in [-0.2, 0) is 14.8 Å². The number of carbonyl (C=O) groups is 1. The van der Waals surface area contributed by atoms with Gasteiger partial charge >= 0.3 is 5.97 Å². The first-order chi connectivity index (χ1) is 10.9. The normalized spacial score (nSPS) is 19.0. The number of hydrogen-bond donors (Lipinski definition) is 1. The molecule has 23 heavy (non-hydrogen) atoms. The van der Waals surface area contributed by atoms with Crippen molar-refractivity contribution < 1.29 is 17.9 Å². The zero-order valence-corrected chi connectivity index (χ0v) is 14.6. The van der Waals surface area contributed by atoms with Gasteiger partial charge in [0.25, 0.3) is 0 Å². The Hall–Kier alpha value is -1.44. The van der Waals surface area contributed by atoms with Crippen molar-refractivity contribution in [1.82, 2.24) is 9.62 Å². The van der Waals surface area contributed by atoms with E-state index in [0.717, 1.165) is 12.8 Å². The van der Waals surface area contributed by atoms with Gasteiger partial charge in [-0.05, 0) is 51.4 Å². The van der Waals surface area contributed by atoms with Crippen LogP contribution in [-0.4, -0.2) is 51.5 Å². The molecule has 0 bridgehead atoms. The highest BCUT2D eigenvalue weighted by Gasteiger charge is 2.35. The number of sulfonamides is 1. The fourth-order valence-corrected chi connectivity index (χ4v) is 4.86. The number of rotatable bonds is 6. The van der Waals surface area contributed by atoms with E-state index in [9.17, 15) is 13.2 Å². The first-order valence-electron chi connectivity index (χ1n) is 7.86. The van der Waals surface area contributed by atoms with E-state index in [-0.39, 0.29) is 23.1 Å². The smallest absolute Gasteiger partial charge is 0.338 e. The highest BCUT2D eigenvalue weighted by molar-refractivity contribution is 7.89. The predicted octanol–water partition coefficient (Wildman–Crippen LogP) is 1.54. The second-order valence-electron chi connectivity index (χ2n) is 5.67. The second-order valence-corrected chi connectivity index (χ2v) is 7.53. The van der Waals surface area contributed by atoms with Crippen LogP contribution in [0.4, 0.5) is 0 Å². The number of ether oxygens (including phenoxy) is 1. The van der Waals surface area contributed by atoms with E-state index in [4.69, 9.17) is 4.74 Å². The van der Waals surface area contributed by atoms with Gasteiger partial charge < -0.3 is 10.1 Å². The summed E-state index contributed by atoms with van der Waals surface area (Å²) < 4.78 is 32.5. The Balaban J connectivity index is 2.39. The zero-order valence-electron chi connectivity index (χ0n) is 13.8. The van der Waals surface area contributed by atoms with Crippen LogP contribution in [0.3, 0.4) is 0 Å². The van der Waals surface area contributed by atoms with Crippen LogP contribution in [0.5, 0.6) is 0 Å².